The number of aryl methyl sites for hydroxylation is 2. The van der Waals surface area contributed by atoms with Gasteiger partial charge >= 0.3 is 0 Å². The molecule has 1 aromatic carbocycles. The van der Waals surface area contributed by atoms with Crippen molar-refractivity contribution in [2.45, 2.75) is 25.7 Å². The SMILES string of the molecule is N#CCCN(CCC#N)C(=O)c1cc2c(s1)-c1ccccc1CC2. The van der Waals surface area contributed by atoms with Crippen molar-refractivity contribution in [3.05, 3.63) is 46.3 Å². The van der Waals surface area contributed by atoms with E-state index in [1.54, 1.807) is 4.90 Å². The largest absolute Gasteiger partial charge is 0.336 e. The molecule has 1 aliphatic rings. The normalized spacial score (nSPS) is 11.8. The van der Waals surface area contributed by atoms with E-state index in [1.165, 1.54) is 32.9 Å². The van der Waals surface area contributed by atoms with Gasteiger partial charge in [-0.3, -0.25) is 4.79 Å². The molecule has 0 saturated carbocycles. The van der Waals surface area contributed by atoms with Crippen molar-refractivity contribution in [3.63, 3.8) is 0 Å². The van der Waals surface area contributed by atoms with Crippen LogP contribution in [0, 0.1) is 22.7 Å². The summed E-state index contributed by atoms with van der Waals surface area (Å²) in [6, 6.07) is 14.5. The van der Waals surface area contributed by atoms with Crippen molar-refractivity contribution in [3.8, 4) is 22.6 Å². The van der Waals surface area contributed by atoms with Crippen LogP contribution in [-0.4, -0.2) is 23.9 Å². The molecule has 120 valence electrons. The van der Waals surface area contributed by atoms with Gasteiger partial charge in [-0.2, -0.15) is 10.5 Å². The molecule has 4 nitrogen and oxygen atoms in total. The van der Waals surface area contributed by atoms with Gasteiger partial charge in [0.15, 0.2) is 0 Å². The molecule has 0 radical (unpaired) electrons. The molecule has 1 heterocycles. The van der Waals surface area contributed by atoms with Gasteiger partial charge in [0, 0.05) is 18.0 Å². The van der Waals surface area contributed by atoms with E-state index in [-0.39, 0.29) is 18.7 Å². The smallest absolute Gasteiger partial charge is 0.264 e. The van der Waals surface area contributed by atoms with Crippen molar-refractivity contribution >= 4 is 17.2 Å². The molecule has 0 fully saturated rings. The minimum Gasteiger partial charge on any atom is -0.336 e. The second kappa shape index (κ2) is 7.29. The first-order valence-electron chi connectivity index (χ1n) is 7.98. The quantitative estimate of drug-likeness (QED) is 0.835. The highest BCUT2D eigenvalue weighted by Gasteiger charge is 2.23. The number of carbonyl (C=O) groups is 1. The number of rotatable bonds is 5. The maximum Gasteiger partial charge on any atom is 0.264 e. The number of carbonyl (C=O) groups excluding carboxylic acids is 1. The van der Waals surface area contributed by atoms with Crippen LogP contribution in [0.3, 0.4) is 0 Å². The molecule has 24 heavy (non-hydrogen) atoms. The van der Waals surface area contributed by atoms with E-state index in [4.69, 9.17) is 10.5 Å². The number of nitriles is 2. The van der Waals surface area contributed by atoms with Gasteiger partial charge < -0.3 is 4.90 Å². The Morgan fingerprint density at radius 1 is 1.08 bits per heavy atom. The fourth-order valence-electron chi connectivity index (χ4n) is 3.02. The van der Waals surface area contributed by atoms with Gasteiger partial charge in [-0.05, 0) is 35.6 Å². The Balaban J connectivity index is 1.88. The Labute approximate surface area is 145 Å². The summed E-state index contributed by atoms with van der Waals surface area (Å²) < 4.78 is 0. The van der Waals surface area contributed by atoms with Crippen molar-refractivity contribution in [2.24, 2.45) is 0 Å². The highest BCUT2D eigenvalue weighted by Crippen LogP contribution is 2.39. The minimum absolute atomic E-state index is 0.0719. The molecule has 2 aromatic rings. The average Bonchev–Trinajstić information content (AvgIpc) is 3.06. The fraction of sp³-hybridized carbons (Fsp3) is 0.316. The van der Waals surface area contributed by atoms with Gasteiger partial charge in [-0.25, -0.2) is 0 Å². The summed E-state index contributed by atoms with van der Waals surface area (Å²) in [5.74, 6) is -0.0719. The van der Waals surface area contributed by atoms with E-state index >= 15 is 0 Å². The van der Waals surface area contributed by atoms with Crippen LogP contribution in [0.5, 0.6) is 0 Å². The second-order valence-corrected chi connectivity index (χ2v) is 6.78. The van der Waals surface area contributed by atoms with Crippen molar-refractivity contribution in [2.75, 3.05) is 13.1 Å². The maximum absolute atomic E-state index is 12.8. The third-order valence-electron chi connectivity index (χ3n) is 4.22. The molecule has 0 unspecified atom stereocenters. The first kappa shape index (κ1) is 16.2. The van der Waals surface area contributed by atoms with Crippen LogP contribution in [0.2, 0.25) is 0 Å². The Bertz CT molecular complexity index is 823. The molecule has 1 amide bonds. The van der Waals surface area contributed by atoms with Crippen LogP contribution in [0.4, 0.5) is 0 Å². The van der Waals surface area contributed by atoms with Crippen molar-refractivity contribution < 1.29 is 4.79 Å². The summed E-state index contributed by atoms with van der Waals surface area (Å²) in [6.07, 6.45) is 2.52. The van der Waals surface area contributed by atoms with Crippen LogP contribution in [0.25, 0.3) is 10.4 Å². The molecule has 1 aliphatic carbocycles. The lowest BCUT2D eigenvalue weighted by Crippen LogP contribution is -2.32. The lowest BCUT2D eigenvalue weighted by Gasteiger charge is -2.19. The predicted molar refractivity (Wildman–Crippen MR) is 93.5 cm³/mol. The highest BCUT2D eigenvalue weighted by atomic mass is 32.1. The lowest BCUT2D eigenvalue weighted by molar-refractivity contribution is 0.0767. The number of nitrogens with zero attached hydrogens (tertiary/aromatic N) is 3. The molecule has 0 bridgehead atoms. The maximum atomic E-state index is 12.8. The summed E-state index contributed by atoms with van der Waals surface area (Å²) in [4.78, 5) is 16.3. The standard InChI is InChI=1S/C19H17N3OS/c20-9-3-11-22(12-4-10-21)19(23)17-13-15-8-7-14-5-1-2-6-16(14)18(15)24-17/h1-2,5-6,13H,3-4,7-8,11-12H2. The third kappa shape index (κ3) is 3.18. The molecule has 1 aromatic heterocycles. The van der Waals surface area contributed by atoms with Crippen molar-refractivity contribution in [1.82, 2.24) is 4.90 Å². The molecule has 0 atom stereocenters. The van der Waals surface area contributed by atoms with Gasteiger partial charge in [0.25, 0.3) is 5.91 Å². The number of benzene rings is 1. The Hall–Kier alpha value is -2.63. The van der Waals surface area contributed by atoms with Crippen LogP contribution < -0.4 is 0 Å². The molecule has 0 saturated heterocycles. The predicted octanol–water partition coefficient (Wildman–Crippen LogP) is 3.78. The molecule has 0 aliphatic heterocycles. The number of fused-ring (bicyclic) bond motifs is 3. The van der Waals surface area contributed by atoms with Crippen LogP contribution in [0.1, 0.15) is 33.6 Å². The van der Waals surface area contributed by atoms with Gasteiger partial charge in [-0.15, -0.1) is 11.3 Å². The Kier molecular flexibility index (Phi) is 4.93. The summed E-state index contributed by atoms with van der Waals surface area (Å²) in [5.41, 5.74) is 3.78. The van der Waals surface area contributed by atoms with E-state index < -0.39 is 0 Å². The third-order valence-corrected chi connectivity index (χ3v) is 5.42. The summed E-state index contributed by atoms with van der Waals surface area (Å²) in [6.45, 7) is 0.742. The van der Waals surface area contributed by atoms with Crippen LogP contribution in [0.15, 0.2) is 30.3 Å². The van der Waals surface area contributed by atoms with E-state index in [9.17, 15) is 4.79 Å². The van der Waals surface area contributed by atoms with Gasteiger partial charge in [0.05, 0.1) is 29.9 Å². The molecular formula is C19H17N3OS. The number of thiophene rings is 1. The lowest BCUT2D eigenvalue weighted by atomic mass is 9.91. The summed E-state index contributed by atoms with van der Waals surface area (Å²) in [5, 5.41) is 17.6. The molecule has 0 spiro atoms. The molecular weight excluding hydrogens is 318 g/mol. The average molecular weight is 335 g/mol. The zero-order chi connectivity index (χ0) is 16.9. The minimum atomic E-state index is -0.0719. The second-order valence-electron chi connectivity index (χ2n) is 5.73. The van der Waals surface area contributed by atoms with Crippen molar-refractivity contribution in [1.29, 1.82) is 10.5 Å². The van der Waals surface area contributed by atoms with Crippen LogP contribution >= 0.6 is 11.3 Å². The van der Waals surface area contributed by atoms with Crippen LogP contribution in [-0.2, 0) is 12.8 Å². The van der Waals surface area contributed by atoms with Gasteiger partial charge in [-0.1, -0.05) is 24.3 Å². The first-order valence-corrected chi connectivity index (χ1v) is 8.80. The number of hydrogen-bond donors (Lipinski definition) is 0. The zero-order valence-electron chi connectivity index (χ0n) is 13.3. The summed E-state index contributed by atoms with van der Waals surface area (Å²) in [7, 11) is 0. The Morgan fingerprint density at radius 2 is 1.75 bits per heavy atom. The molecule has 0 N–H and O–H groups in total. The van der Waals surface area contributed by atoms with E-state index in [0.717, 1.165) is 12.8 Å². The molecule has 5 heteroatoms. The topological polar surface area (TPSA) is 67.9 Å². The number of amides is 1. The monoisotopic (exact) mass is 335 g/mol. The van der Waals surface area contributed by atoms with Gasteiger partial charge in [0.2, 0.25) is 0 Å². The molecule has 3 rings (SSSR count). The van der Waals surface area contributed by atoms with E-state index in [1.807, 2.05) is 12.1 Å². The van der Waals surface area contributed by atoms with E-state index in [2.05, 4.69) is 30.3 Å². The number of hydrogen-bond acceptors (Lipinski definition) is 4. The Morgan fingerprint density at radius 3 is 2.46 bits per heavy atom. The zero-order valence-corrected chi connectivity index (χ0v) is 14.1. The highest BCUT2D eigenvalue weighted by molar-refractivity contribution is 7.17. The van der Waals surface area contributed by atoms with E-state index in [0.29, 0.717) is 18.0 Å². The van der Waals surface area contributed by atoms with Gasteiger partial charge in [0.1, 0.15) is 0 Å². The summed E-state index contributed by atoms with van der Waals surface area (Å²) >= 11 is 1.52. The fourth-order valence-corrected chi connectivity index (χ4v) is 4.26. The first-order chi connectivity index (χ1) is 11.7.